The zero-order valence-corrected chi connectivity index (χ0v) is 18.6. The summed E-state index contributed by atoms with van der Waals surface area (Å²) in [4.78, 5) is 12.4. The lowest BCUT2D eigenvalue weighted by atomic mass is 9.97. The van der Waals surface area contributed by atoms with Crippen molar-refractivity contribution < 1.29 is 17.6 Å². The summed E-state index contributed by atoms with van der Waals surface area (Å²) in [5.41, 5.74) is 1.92. The highest BCUT2D eigenvalue weighted by molar-refractivity contribution is 7.92. The maximum absolute atomic E-state index is 14.0. The van der Waals surface area contributed by atoms with E-state index in [1.165, 1.54) is 36.2 Å². The number of carbonyl (C=O) groups excluding carboxylic acids is 1. The fourth-order valence-electron chi connectivity index (χ4n) is 3.57. The van der Waals surface area contributed by atoms with E-state index in [2.05, 4.69) is 9.82 Å². The molecule has 9 heteroatoms. The Morgan fingerprint density at radius 2 is 1.78 bits per heavy atom. The molecule has 1 amide bonds. The molecule has 164 valence electrons. The van der Waals surface area contributed by atoms with E-state index < -0.39 is 21.9 Å². The van der Waals surface area contributed by atoms with Gasteiger partial charge in [-0.25, -0.2) is 17.8 Å². The van der Waals surface area contributed by atoms with E-state index in [0.29, 0.717) is 22.5 Å². The van der Waals surface area contributed by atoms with Gasteiger partial charge in [-0.05, 0) is 35.9 Å². The summed E-state index contributed by atoms with van der Waals surface area (Å²) in [6.45, 7) is 1.37. The highest BCUT2D eigenvalue weighted by Gasteiger charge is 2.33. The number of hydrogen-bond acceptors (Lipinski definition) is 4. The topological polar surface area (TPSA) is 78.8 Å². The Labute approximate surface area is 190 Å². The number of carbonyl (C=O) groups is 1. The molecule has 0 bridgehead atoms. The Kier molecular flexibility index (Phi) is 5.99. The van der Waals surface area contributed by atoms with Crippen molar-refractivity contribution in [2.24, 2.45) is 5.10 Å². The molecule has 1 N–H and O–H groups in total. The number of rotatable bonds is 5. The SMILES string of the molecule is CC(=O)N1N=C(c2ccccc2NS(=O)(=O)c2ccccc2)CC1c1ccc(Cl)c(F)c1. The van der Waals surface area contributed by atoms with E-state index in [0.717, 1.165) is 0 Å². The average molecular weight is 472 g/mol. The second-order valence-corrected chi connectivity index (χ2v) is 9.36. The fourth-order valence-corrected chi connectivity index (χ4v) is 4.79. The van der Waals surface area contributed by atoms with Crippen molar-refractivity contribution in [3.05, 3.63) is 94.8 Å². The third-order valence-corrected chi connectivity index (χ3v) is 6.79. The van der Waals surface area contributed by atoms with Gasteiger partial charge >= 0.3 is 0 Å². The molecule has 1 atom stereocenters. The Hall–Kier alpha value is -3.23. The molecule has 1 heterocycles. The molecule has 1 aliphatic rings. The van der Waals surface area contributed by atoms with E-state index in [1.54, 1.807) is 48.5 Å². The van der Waals surface area contributed by atoms with Crippen LogP contribution in [-0.2, 0) is 14.8 Å². The Bertz CT molecular complexity index is 1310. The smallest absolute Gasteiger partial charge is 0.261 e. The monoisotopic (exact) mass is 471 g/mol. The van der Waals surface area contributed by atoms with Gasteiger partial charge in [0.2, 0.25) is 5.91 Å². The number of nitrogens with zero attached hydrogens (tertiary/aromatic N) is 2. The number of amides is 1. The van der Waals surface area contributed by atoms with Gasteiger partial charge in [-0.2, -0.15) is 5.10 Å². The number of halogens is 2. The molecule has 0 aromatic heterocycles. The average Bonchev–Trinajstić information content (AvgIpc) is 3.22. The van der Waals surface area contributed by atoms with Gasteiger partial charge < -0.3 is 0 Å². The molecule has 0 aliphatic carbocycles. The first kappa shape index (κ1) is 22.0. The molecular weight excluding hydrogens is 453 g/mol. The van der Waals surface area contributed by atoms with Gasteiger partial charge in [0.05, 0.1) is 27.4 Å². The lowest BCUT2D eigenvalue weighted by Gasteiger charge is -2.20. The summed E-state index contributed by atoms with van der Waals surface area (Å²) in [6.07, 6.45) is 0.282. The molecule has 32 heavy (non-hydrogen) atoms. The summed E-state index contributed by atoms with van der Waals surface area (Å²) >= 11 is 5.79. The predicted molar refractivity (Wildman–Crippen MR) is 122 cm³/mol. The molecule has 1 unspecified atom stereocenters. The van der Waals surface area contributed by atoms with E-state index in [4.69, 9.17) is 11.6 Å². The van der Waals surface area contributed by atoms with Gasteiger partial charge in [0.25, 0.3) is 10.0 Å². The van der Waals surface area contributed by atoms with Crippen LogP contribution in [0, 0.1) is 5.82 Å². The van der Waals surface area contributed by atoms with Crippen molar-refractivity contribution in [3.8, 4) is 0 Å². The molecule has 1 aliphatic heterocycles. The van der Waals surface area contributed by atoms with Crippen LogP contribution >= 0.6 is 11.6 Å². The Morgan fingerprint density at radius 1 is 1.09 bits per heavy atom. The second-order valence-electron chi connectivity index (χ2n) is 7.27. The highest BCUT2D eigenvalue weighted by Crippen LogP contribution is 2.35. The van der Waals surface area contributed by atoms with Gasteiger partial charge in [0.1, 0.15) is 5.82 Å². The van der Waals surface area contributed by atoms with Crippen LogP contribution in [0.2, 0.25) is 5.02 Å². The summed E-state index contributed by atoms with van der Waals surface area (Å²) in [5, 5.41) is 5.71. The molecule has 4 rings (SSSR count). The van der Waals surface area contributed by atoms with Crippen molar-refractivity contribution in [2.75, 3.05) is 4.72 Å². The molecule has 0 fully saturated rings. The van der Waals surface area contributed by atoms with Crippen molar-refractivity contribution in [2.45, 2.75) is 24.3 Å². The van der Waals surface area contributed by atoms with Gasteiger partial charge in [-0.15, -0.1) is 0 Å². The number of sulfonamides is 1. The number of anilines is 1. The minimum absolute atomic E-state index is 0.0112. The van der Waals surface area contributed by atoms with Crippen molar-refractivity contribution >= 4 is 38.9 Å². The molecule has 0 saturated heterocycles. The first-order chi connectivity index (χ1) is 15.3. The maximum atomic E-state index is 14.0. The quantitative estimate of drug-likeness (QED) is 0.570. The number of hydrazone groups is 1. The van der Waals surface area contributed by atoms with Crippen LogP contribution in [0.5, 0.6) is 0 Å². The minimum Gasteiger partial charge on any atom is -0.279 e. The highest BCUT2D eigenvalue weighted by atomic mass is 35.5. The van der Waals surface area contributed by atoms with E-state index >= 15 is 0 Å². The van der Waals surface area contributed by atoms with Crippen LogP contribution in [-0.4, -0.2) is 25.0 Å². The lowest BCUT2D eigenvalue weighted by Crippen LogP contribution is -2.24. The molecule has 3 aromatic carbocycles. The summed E-state index contributed by atoms with van der Waals surface area (Å²) in [6, 6.07) is 18.7. The lowest BCUT2D eigenvalue weighted by molar-refractivity contribution is -0.130. The maximum Gasteiger partial charge on any atom is 0.261 e. The number of nitrogens with one attached hydrogen (secondary N) is 1. The van der Waals surface area contributed by atoms with Crippen LogP contribution < -0.4 is 4.72 Å². The third kappa shape index (κ3) is 4.37. The van der Waals surface area contributed by atoms with Crippen LogP contribution in [0.15, 0.2) is 82.8 Å². The second kappa shape index (κ2) is 8.72. The first-order valence-electron chi connectivity index (χ1n) is 9.76. The summed E-state index contributed by atoms with van der Waals surface area (Å²) in [5.74, 6) is -0.903. The van der Waals surface area contributed by atoms with E-state index in [-0.39, 0.29) is 22.2 Å². The van der Waals surface area contributed by atoms with Gasteiger partial charge in [0, 0.05) is 18.9 Å². The summed E-state index contributed by atoms with van der Waals surface area (Å²) < 4.78 is 42.3. The predicted octanol–water partition coefficient (Wildman–Crippen LogP) is 4.98. The third-order valence-electron chi connectivity index (χ3n) is 5.10. The standard InChI is InChI=1S/C23H19ClFN3O3S/c1-15(29)28-23(16-11-12-19(24)20(25)13-16)14-22(26-28)18-9-5-6-10-21(18)27-32(30,31)17-7-3-2-4-8-17/h2-13,23,27H,14H2,1H3. The van der Waals surface area contributed by atoms with Crippen molar-refractivity contribution in [1.29, 1.82) is 0 Å². The number of benzene rings is 3. The zero-order valence-electron chi connectivity index (χ0n) is 17.0. The molecule has 0 saturated carbocycles. The molecule has 0 spiro atoms. The van der Waals surface area contributed by atoms with Crippen molar-refractivity contribution in [3.63, 3.8) is 0 Å². The minimum atomic E-state index is -3.82. The zero-order chi connectivity index (χ0) is 22.9. The Balaban J connectivity index is 1.69. The van der Waals surface area contributed by atoms with E-state index in [1.807, 2.05) is 0 Å². The largest absolute Gasteiger partial charge is 0.279 e. The molecule has 0 radical (unpaired) electrons. The van der Waals surface area contributed by atoms with Crippen molar-refractivity contribution in [1.82, 2.24) is 5.01 Å². The van der Waals surface area contributed by atoms with Gasteiger partial charge in [-0.3, -0.25) is 9.52 Å². The Morgan fingerprint density at radius 3 is 2.47 bits per heavy atom. The number of hydrogen-bond donors (Lipinski definition) is 1. The summed E-state index contributed by atoms with van der Waals surface area (Å²) in [7, 11) is -3.82. The van der Waals surface area contributed by atoms with Gasteiger partial charge in [0.15, 0.2) is 0 Å². The van der Waals surface area contributed by atoms with Crippen LogP contribution in [0.25, 0.3) is 0 Å². The normalized spacial score (nSPS) is 16.0. The molecule has 3 aromatic rings. The van der Waals surface area contributed by atoms with Crippen LogP contribution in [0.3, 0.4) is 0 Å². The van der Waals surface area contributed by atoms with E-state index in [9.17, 15) is 17.6 Å². The first-order valence-corrected chi connectivity index (χ1v) is 11.6. The number of para-hydroxylation sites is 1. The van der Waals surface area contributed by atoms with Crippen LogP contribution in [0.1, 0.15) is 30.5 Å². The van der Waals surface area contributed by atoms with Crippen LogP contribution in [0.4, 0.5) is 10.1 Å². The fraction of sp³-hybridized carbons (Fsp3) is 0.130. The van der Waals surface area contributed by atoms with Gasteiger partial charge in [-0.1, -0.05) is 54.1 Å². The molecular formula is C23H19ClFN3O3S. The molecule has 6 nitrogen and oxygen atoms in total.